The van der Waals surface area contributed by atoms with Crippen LogP contribution in [0.1, 0.15) is 32.1 Å². The SMILES string of the molecule is O=C1OC[C@H]2CC=C3CCCC[C@@H]3[C@H]12. The summed E-state index contributed by atoms with van der Waals surface area (Å²) in [6.07, 6.45) is 8.49. The van der Waals surface area contributed by atoms with Gasteiger partial charge in [-0.25, -0.2) is 0 Å². The van der Waals surface area contributed by atoms with Crippen molar-refractivity contribution in [2.75, 3.05) is 6.61 Å². The molecule has 3 aliphatic rings. The van der Waals surface area contributed by atoms with Gasteiger partial charge < -0.3 is 4.74 Å². The van der Waals surface area contributed by atoms with Crippen LogP contribution in [0.3, 0.4) is 0 Å². The van der Waals surface area contributed by atoms with E-state index in [1.807, 2.05) is 0 Å². The number of hydrogen-bond acceptors (Lipinski definition) is 2. The Morgan fingerprint density at radius 3 is 3.21 bits per heavy atom. The lowest BCUT2D eigenvalue weighted by Crippen LogP contribution is -2.31. The highest BCUT2D eigenvalue weighted by atomic mass is 16.5. The van der Waals surface area contributed by atoms with Gasteiger partial charge in [0.2, 0.25) is 0 Å². The van der Waals surface area contributed by atoms with Crippen LogP contribution in [0.25, 0.3) is 0 Å². The second kappa shape index (κ2) is 3.11. The van der Waals surface area contributed by atoms with E-state index in [4.69, 9.17) is 4.74 Å². The van der Waals surface area contributed by atoms with E-state index in [1.54, 1.807) is 5.57 Å². The topological polar surface area (TPSA) is 26.3 Å². The molecule has 0 aromatic heterocycles. The number of ether oxygens (including phenoxy) is 1. The molecule has 1 aliphatic heterocycles. The first-order valence-electron chi connectivity index (χ1n) is 5.72. The average molecular weight is 192 g/mol. The van der Waals surface area contributed by atoms with Gasteiger partial charge in [-0.3, -0.25) is 4.79 Å². The molecule has 1 saturated carbocycles. The Kier molecular flexibility index (Phi) is 1.89. The van der Waals surface area contributed by atoms with E-state index in [0.717, 1.165) is 6.42 Å². The number of cyclic esters (lactones) is 1. The second-order valence-corrected chi connectivity index (χ2v) is 4.78. The molecule has 0 N–H and O–H groups in total. The zero-order valence-electron chi connectivity index (χ0n) is 8.37. The number of carbonyl (C=O) groups excluding carboxylic acids is 1. The Morgan fingerprint density at radius 1 is 1.36 bits per heavy atom. The quantitative estimate of drug-likeness (QED) is 0.435. The zero-order valence-corrected chi connectivity index (χ0v) is 8.37. The highest BCUT2D eigenvalue weighted by molar-refractivity contribution is 5.76. The monoisotopic (exact) mass is 192 g/mol. The minimum absolute atomic E-state index is 0.0764. The summed E-state index contributed by atoms with van der Waals surface area (Å²) >= 11 is 0. The van der Waals surface area contributed by atoms with Crippen LogP contribution in [0.4, 0.5) is 0 Å². The molecule has 0 radical (unpaired) electrons. The third-order valence-corrected chi connectivity index (χ3v) is 4.04. The van der Waals surface area contributed by atoms with Crippen LogP contribution in [-0.2, 0) is 9.53 Å². The summed E-state index contributed by atoms with van der Waals surface area (Å²) in [5.74, 6) is 1.33. The Hall–Kier alpha value is -0.790. The number of esters is 1. The van der Waals surface area contributed by atoms with E-state index < -0.39 is 0 Å². The van der Waals surface area contributed by atoms with Gasteiger partial charge in [-0.15, -0.1) is 0 Å². The van der Waals surface area contributed by atoms with Crippen molar-refractivity contribution in [1.29, 1.82) is 0 Å². The van der Waals surface area contributed by atoms with E-state index in [-0.39, 0.29) is 11.9 Å². The van der Waals surface area contributed by atoms with Gasteiger partial charge in [0.1, 0.15) is 0 Å². The minimum atomic E-state index is 0.0764. The molecule has 0 amide bonds. The fraction of sp³-hybridized carbons (Fsp3) is 0.750. The van der Waals surface area contributed by atoms with Gasteiger partial charge in [0, 0.05) is 5.92 Å². The van der Waals surface area contributed by atoms with Crippen LogP contribution in [0.15, 0.2) is 11.6 Å². The lowest BCUT2D eigenvalue weighted by Gasteiger charge is -2.34. The summed E-state index contributed by atoms with van der Waals surface area (Å²) in [6, 6.07) is 0. The van der Waals surface area contributed by atoms with Crippen LogP contribution in [0.2, 0.25) is 0 Å². The molecule has 1 heterocycles. The molecular weight excluding hydrogens is 176 g/mol. The van der Waals surface area contributed by atoms with Crippen LogP contribution in [0, 0.1) is 17.8 Å². The minimum Gasteiger partial charge on any atom is -0.465 e. The molecule has 2 fully saturated rings. The second-order valence-electron chi connectivity index (χ2n) is 4.78. The Balaban J connectivity index is 1.91. The van der Waals surface area contributed by atoms with Crippen molar-refractivity contribution >= 4 is 5.97 Å². The molecule has 0 aromatic rings. The van der Waals surface area contributed by atoms with Crippen molar-refractivity contribution in [2.24, 2.45) is 17.8 Å². The maximum Gasteiger partial charge on any atom is 0.309 e. The van der Waals surface area contributed by atoms with Crippen molar-refractivity contribution < 1.29 is 9.53 Å². The van der Waals surface area contributed by atoms with Crippen molar-refractivity contribution in [1.82, 2.24) is 0 Å². The van der Waals surface area contributed by atoms with Crippen molar-refractivity contribution in [2.45, 2.75) is 32.1 Å². The third-order valence-electron chi connectivity index (χ3n) is 4.04. The highest BCUT2D eigenvalue weighted by Gasteiger charge is 2.45. The molecule has 0 unspecified atom stereocenters. The molecule has 3 rings (SSSR count). The van der Waals surface area contributed by atoms with Gasteiger partial charge in [-0.1, -0.05) is 18.1 Å². The van der Waals surface area contributed by atoms with Gasteiger partial charge in [0.15, 0.2) is 0 Å². The Morgan fingerprint density at radius 2 is 2.29 bits per heavy atom. The number of hydrogen-bond donors (Lipinski definition) is 0. The van der Waals surface area contributed by atoms with Gasteiger partial charge in [-0.05, 0) is 31.6 Å². The predicted molar refractivity (Wildman–Crippen MR) is 52.6 cm³/mol. The van der Waals surface area contributed by atoms with Crippen molar-refractivity contribution in [3.8, 4) is 0 Å². The van der Waals surface area contributed by atoms with Crippen LogP contribution < -0.4 is 0 Å². The van der Waals surface area contributed by atoms with Gasteiger partial charge in [0.25, 0.3) is 0 Å². The molecule has 2 aliphatic carbocycles. The molecule has 76 valence electrons. The van der Waals surface area contributed by atoms with Gasteiger partial charge in [0.05, 0.1) is 12.5 Å². The van der Waals surface area contributed by atoms with Crippen molar-refractivity contribution in [3.05, 3.63) is 11.6 Å². The van der Waals surface area contributed by atoms with Crippen LogP contribution in [-0.4, -0.2) is 12.6 Å². The lowest BCUT2D eigenvalue weighted by atomic mass is 9.68. The van der Waals surface area contributed by atoms with E-state index >= 15 is 0 Å². The predicted octanol–water partition coefficient (Wildman–Crippen LogP) is 2.30. The standard InChI is InChI=1S/C12H16O2/c13-12-11-9(7-14-12)6-5-8-3-1-2-4-10(8)11/h5,9-11H,1-4,6-7H2/t9-,10+,11-/m1/s1. The molecule has 2 nitrogen and oxygen atoms in total. The fourth-order valence-electron chi connectivity index (χ4n) is 3.32. The molecule has 1 saturated heterocycles. The van der Waals surface area contributed by atoms with Crippen LogP contribution in [0.5, 0.6) is 0 Å². The number of allylic oxidation sites excluding steroid dienone is 2. The average Bonchev–Trinajstić information content (AvgIpc) is 2.61. The summed E-state index contributed by atoms with van der Waals surface area (Å²) in [4.78, 5) is 11.6. The number of rotatable bonds is 0. The third kappa shape index (κ3) is 1.13. The first-order valence-corrected chi connectivity index (χ1v) is 5.72. The maximum absolute atomic E-state index is 11.6. The highest BCUT2D eigenvalue weighted by Crippen LogP contribution is 2.45. The van der Waals surface area contributed by atoms with E-state index in [1.165, 1.54) is 25.7 Å². The molecule has 0 bridgehead atoms. The fourth-order valence-corrected chi connectivity index (χ4v) is 3.32. The number of carbonyl (C=O) groups is 1. The summed E-state index contributed by atoms with van der Waals surface area (Å²) in [5, 5.41) is 0. The zero-order chi connectivity index (χ0) is 9.54. The van der Waals surface area contributed by atoms with E-state index in [9.17, 15) is 4.79 Å². The van der Waals surface area contributed by atoms with E-state index in [0.29, 0.717) is 18.4 Å². The molecule has 14 heavy (non-hydrogen) atoms. The van der Waals surface area contributed by atoms with Gasteiger partial charge in [-0.2, -0.15) is 0 Å². The molecule has 0 aromatic carbocycles. The first kappa shape index (κ1) is 8.51. The Labute approximate surface area is 84.3 Å². The molecule has 2 heteroatoms. The molecular formula is C12H16O2. The summed E-state index contributed by atoms with van der Waals surface area (Å²) in [6.45, 7) is 0.670. The molecule has 0 spiro atoms. The normalized spacial score (nSPS) is 41.0. The van der Waals surface area contributed by atoms with E-state index in [2.05, 4.69) is 6.08 Å². The summed E-state index contributed by atoms with van der Waals surface area (Å²) < 4.78 is 5.18. The molecule has 3 atom stereocenters. The van der Waals surface area contributed by atoms with Gasteiger partial charge >= 0.3 is 5.97 Å². The summed E-state index contributed by atoms with van der Waals surface area (Å²) in [7, 11) is 0. The first-order chi connectivity index (χ1) is 6.86. The summed E-state index contributed by atoms with van der Waals surface area (Å²) in [5.41, 5.74) is 1.55. The maximum atomic E-state index is 11.6. The van der Waals surface area contributed by atoms with Crippen LogP contribution >= 0.6 is 0 Å². The largest absolute Gasteiger partial charge is 0.465 e. The number of fused-ring (bicyclic) bond motifs is 3. The smallest absolute Gasteiger partial charge is 0.309 e. The van der Waals surface area contributed by atoms with Crippen molar-refractivity contribution in [3.63, 3.8) is 0 Å². The lowest BCUT2D eigenvalue weighted by molar-refractivity contribution is -0.142. The Bertz CT molecular complexity index is 293.